The van der Waals surface area contributed by atoms with Crippen molar-refractivity contribution in [3.63, 3.8) is 0 Å². The van der Waals surface area contributed by atoms with Gasteiger partial charge in [-0.2, -0.15) is 0 Å². The molecule has 0 saturated heterocycles. The van der Waals surface area contributed by atoms with E-state index in [9.17, 15) is 0 Å². The van der Waals surface area contributed by atoms with Gasteiger partial charge in [0.15, 0.2) is 0 Å². The van der Waals surface area contributed by atoms with Gasteiger partial charge >= 0.3 is 0 Å². The first kappa shape index (κ1) is 25.2. The van der Waals surface area contributed by atoms with Gasteiger partial charge in [-0.1, -0.05) is 115 Å². The Morgan fingerprint density at radius 1 is 0.370 bits per heavy atom. The summed E-state index contributed by atoms with van der Waals surface area (Å²) in [6.45, 7) is 0. The van der Waals surface area contributed by atoms with Crippen LogP contribution in [0.2, 0.25) is 0 Å². The monoisotopic (exact) mass is 585 g/mol. The smallest absolute Gasteiger partial charge is 0.138 e. The molecule has 46 heavy (non-hydrogen) atoms. The van der Waals surface area contributed by atoms with Gasteiger partial charge in [0.05, 0.1) is 27.6 Å². The molecule has 0 fully saturated rings. The molecule has 0 atom stereocenters. The van der Waals surface area contributed by atoms with E-state index in [2.05, 4.69) is 173 Å². The van der Waals surface area contributed by atoms with E-state index in [-0.39, 0.29) is 0 Å². The van der Waals surface area contributed by atoms with Crippen molar-refractivity contribution in [2.75, 3.05) is 0 Å². The summed E-state index contributed by atoms with van der Waals surface area (Å²) in [5.74, 6) is 0.918. The Morgan fingerprint density at radius 2 is 0.957 bits per heavy atom. The molecule has 10 rings (SSSR count). The van der Waals surface area contributed by atoms with Gasteiger partial charge in [0.2, 0.25) is 0 Å². The summed E-state index contributed by atoms with van der Waals surface area (Å²) < 4.78 is 4.77. The topological polar surface area (TPSA) is 22.8 Å². The number of para-hydroxylation sites is 3. The summed E-state index contributed by atoms with van der Waals surface area (Å²) in [4.78, 5) is 5.29. The van der Waals surface area contributed by atoms with Gasteiger partial charge in [-0.3, -0.25) is 4.57 Å². The van der Waals surface area contributed by atoms with Crippen molar-refractivity contribution in [1.29, 1.82) is 0 Å². The summed E-state index contributed by atoms with van der Waals surface area (Å²) >= 11 is 0. The van der Waals surface area contributed by atoms with Crippen LogP contribution in [0.3, 0.4) is 0 Å². The molecular formula is C43H27N3. The second-order valence-corrected chi connectivity index (χ2v) is 12.0. The highest BCUT2D eigenvalue weighted by atomic mass is 15.1. The maximum Gasteiger partial charge on any atom is 0.138 e. The third kappa shape index (κ3) is 3.63. The largest absolute Gasteiger partial charge is 0.309 e. The fourth-order valence-electron chi connectivity index (χ4n) is 7.40. The zero-order valence-electron chi connectivity index (χ0n) is 24.9. The molecule has 0 radical (unpaired) electrons. The summed E-state index contributed by atoms with van der Waals surface area (Å²) in [6, 6.07) is 59.0. The van der Waals surface area contributed by atoms with E-state index in [0.29, 0.717) is 0 Å². The van der Waals surface area contributed by atoms with Crippen LogP contribution in [0, 0.1) is 0 Å². The van der Waals surface area contributed by atoms with Crippen molar-refractivity contribution in [2.45, 2.75) is 0 Å². The highest BCUT2D eigenvalue weighted by Gasteiger charge is 2.20. The highest BCUT2D eigenvalue weighted by Crippen LogP contribution is 2.40. The molecule has 214 valence electrons. The van der Waals surface area contributed by atoms with E-state index in [0.717, 1.165) is 33.4 Å². The number of fused-ring (bicyclic) bond motifs is 8. The number of pyridine rings is 1. The molecule has 0 amide bonds. The minimum Gasteiger partial charge on any atom is -0.309 e. The molecule has 7 aromatic carbocycles. The maximum absolute atomic E-state index is 5.29. The molecule has 3 aromatic heterocycles. The summed E-state index contributed by atoms with van der Waals surface area (Å²) in [7, 11) is 0. The van der Waals surface area contributed by atoms with Crippen LogP contribution in [0.5, 0.6) is 0 Å². The number of hydrogen-bond acceptors (Lipinski definition) is 1. The summed E-state index contributed by atoms with van der Waals surface area (Å²) in [5, 5.41) is 8.52. The van der Waals surface area contributed by atoms with Crippen LogP contribution in [0.25, 0.3) is 87.9 Å². The average Bonchev–Trinajstić information content (AvgIpc) is 3.62. The normalized spacial score (nSPS) is 11.9. The lowest BCUT2D eigenvalue weighted by molar-refractivity contribution is 1.10. The SMILES string of the molecule is c1ccc(-c2cc(-n3c4ccccc4c4cc5c(cc43)c3ccccc3n5-c3ccc4ccccc4c3)nc3ccccc23)cc1. The van der Waals surface area contributed by atoms with Crippen LogP contribution in [0.15, 0.2) is 164 Å². The van der Waals surface area contributed by atoms with Crippen LogP contribution in [-0.2, 0) is 0 Å². The molecule has 0 saturated carbocycles. The Balaban J connectivity index is 1.32. The lowest BCUT2D eigenvalue weighted by atomic mass is 10.0. The summed E-state index contributed by atoms with van der Waals surface area (Å²) in [5.41, 5.74) is 9.21. The first-order chi connectivity index (χ1) is 22.8. The molecular weight excluding hydrogens is 558 g/mol. The molecule has 0 spiro atoms. The lowest BCUT2D eigenvalue weighted by Crippen LogP contribution is -1.99. The van der Waals surface area contributed by atoms with Gasteiger partial charge in [-0.15, -0.1) is 0 Å². The van der Waals surface area contributed by atoms with Crippen molar-refractivity contribution in [3.05, 3.63) is 164 Å². The first-order valence-electron chi connectivity index (χ1n) is 15.7. The van der Waals surface area contributed by atoms with Gasteiger partial charge < -0.3 is 4.57 Å². The zero-order chi connectivity index (χ0) is 30.2. The Morgan fingerprint density at radius 3 is 1.72 bits per heavy atom. The molecule has 0 aliphatic rings. The molecule has 0 aliphatic heterocycles. The maximum atomic E-state index is 5.29. The van der Waals surface area contributed by atoms with Gasteiger partial charge in [0.25, 0.3) is 0 Å². The van der Waals surface area contributed by atoms with Crippen LogP contribution < -0.4 is 0 Å². The molecule has 0 N–H and O–H groups in total. The van der Waals surface area contributed by atoms with Crippen molar-refractivity contribution >= 4 is 65.3 Å². The predicted octanol–water partition coefficient (Wildman–Crippen LogP) is 11.2. The van der Waals surface area contributed by atoms with Crippen molar-refractivity contribution < 1.29 is 0 Å². The number of hydrogen-bond donors (Lipinski definition) is 0. The van der Waals surface area contributed by atoms with Crippen molar-refractivity contribution in [1.82, 2.24) is 14.1 Å². The van der Waals surface area contributed by atoms with E-state index in [1.807, 2.05) is 0 Å². The third-order valence-corrected chi connectivity index (χ3v) is 9.47. The number of rotatable bonds is 3. The number of aromatic nitrogens is 3. The predicted molar refractivity (Wildman–Crippen MR) is 193 cm³/mol. The van der Waals surface area contributed by atoms with Crippen LogP contribution in [-0.4, -0.2) is 14.1 Å². The summed E-state index contributed by atoms with van der Waals surface area (Å²) in [6.07, 6.45) is 0. The molecule has 3 heterocycles. The molecule has 3 heteroatoms. The van der Waals surface area contributed by atoms with Crippen LogP contribution in [0.1, 0.15) is 0 Å². The second-order valence-electron chi connectivity index (χ2n) is 12.0. The number of nitrogens with zero attached hydrogens (tertiary/aromatic N) is 3. The van der Waals surface area contributed by atoms with E-state index in [1.54, 1.807) is 0 Å². The van der Waals surface area contributed by atoms with Gasteiger partial charge in [-0.25, -0.2) is 4.98 Å². The van der Waals surface area contributed by atoms with Gasteiger partial charge in [0.1, 0.15) is 5.82 Å². The third-order valence-electron chi connectivity index (χ3n) is 9.47. The molecule has 0 unspecified atom stereocenters. The van der Waals surface area contributed by atoms with Crippen LogP contribution in [0.4, 0.5) is 0 Å². The van der Waals surface area contributed by atoms with Crippen LogP contribution >= 0.6 is 0 Å². The Labute approximate surface area is 265 Å². The molecule has 0 bridgehead atoms. The fraction of sp³-hybridized carbons (Fsp3) is 0. The average molecular weight is 586 g/mol. The standard InChI is InChI=1S/C43H27N3/c1-2-13-29(14-3-1)35-27-43(44-38-19-9-6-16-32(35)38)46-40-21-11-8-18-34(40)37-25-41-36(26-42(37)46)33-17-7-10-20-39(33)45(41)31-23-22-28-12-4-5-15-30(28)24-31/h1-27H. The van der Waals surface area contributed by atoms with Crippen molar-refractivity contribution in [3.8, 4) is 22.6 Å². The molecule has 3 nitrogen and oxygen atoms in total. The second kappa shape index (κ2) is 9.65. The van der Waals surface area contributed by atoms with Crippen molar-refractivity contribution in [2.24, 2.45) is 0 Å². The Bertz CT molecular complexity index is 2800. The fourth-order valence-corrected chi connectivity index (χ4v) is 7.40. The number of benzene rings is 7. The van der Waals surface area contributed by atoms with E-state index in [1.165, 1.54) is 54.5 Å². The van der Waals surface area contributed by atoms with Gasteiger partial charge in [0, 0.05) is 32.6 Å². The Hall–Kier alpha value is -6.19. The highest BCUT2D eigenvalue weighted by molar-refractivity contribution is 6.19. The lowest BCUT2D eigenvalue weighted by Gasteiger charge is -2.13. The van der Waals surface area contributed by atoms with E-state index in [4.69, 9.17) is 4.98 Å². The first-order valence-corrected chi connectivity index (χ1v) is 15.7. The Kier molecular flexibility index (Phi) is 5.28. The van der Waals surface area contributed by atoms with E-state index >= 15 is 0 Å². The minimum absolute atomic E-state index is 0.918. The minimum atomic E-state index is 0.918. The quantitative estimate of drug-likeness (QED) is 0.202. The van der Waals surface area contributed by atoms with E-state index < -0.39 is 0 Å². The molecule has 0 aliphatic carbocycles. The molecule has 10 aromatic rings. The zero-order valence-corrected chi connectivity index (χ0v) is 24.9. The van der Waals surface area contributed by atoms with Gasteiger partial charge in [-0.05, 0) is 70.4 Å².